The molecule has 0 unspecified atom stereocenters. The molecular formula is C21H20N2O7S. The second-order valence-corrected chi connectivity index (χ2v) is 8.02. The van der Waals surface area contributed by atoms with E-state index in [0.29, 0.717) is 21.7 Å². The minimum absolute atomic E-state index is 0.233. The molecule has 3 aromatic rings. The molecule has 2 aromatic heterocycles. The Hall–Kier alpha value is -3.40. The lowest BCUT2D eigenvalue weighted by Crippen LogP contribution is -2.26. The summed E-state index contributed by atoms with van der Waals surface area (Å²) in [6.45, 7) is 1.02. The molecule has 162 valence electrons. The summed E-state index contributed by atoms with van der Waals surface area (Å²) in [5.74, 6) is -2.50. The summed E-state index contributed by atoms with van der Waals surface area (Å²) in [6, 6.07) is 6.69. The smallest absolute Gasteiger partial charge is 0.420 e. The molecule has 9 nitrogen and oxygen atoms in total. The van der Waals surface area contributed by atoms with Crippen molar-refractivity contribution in [1.82, 2.24) is 4.57 Å². The number of esters is 2. The van der Waals surface area contributed by atoms with Gasteiger partial charge >= 0.3 is 17.7 Å². The molecule has 2 heterocycles. The zero-order valence-electron chi connectivity index (χ0n) is 16.8. The van der Waals surface area contributed by atoms with Gasteiger partial charge in [0.15, 0.2) is 12.2 Å². The second-order valence-electron chi connectivity index (χ2n) is 6.91. The van der Waals surface area contributed by atoms with E-state index in [1.807, 2.05) is 0 Å². The zero-order valence-corrected chi connectivity index (χ0v) is 17.6. The monoisotopic (exact) mass is 444 g/mol. The Balaban J connectivity index is 1.40. The number of hydrogen-bond donors (Lipinski definition) is 1. The van der Waals surface area contributed by atoms with Crippen molar-refractivity contribution in [1.29, 1.82) is 0 Å². The van der Waals surface area contributed by atoms with E-state index in [4.69, 9.17) is 13.9 Å². The maximum atomic E-state index is 12.4. The number of hydrogen-bond acceptors (Lipinski definition) is 8. The number of aromatic nitrogens is 1. The van der Waals surface area contributed by atoms with E-state index in [0.717, 1.165) is 34.3 Å². The van der Waals surface area contributed by atoms with E-state index < -0.39 is 30.2 Å². The van der Waals surface area contributed by atoms with Gasteiger partial charge < -0.3 is 19.2 Å². The van der Waals surface area contributed by atoms with Crippen molar-refractivity contribution in [3.8, 4) is 0 Å². The fourth-order valence-electron chi connectivity index (χ4n) is 3.56. The van der Waals surface area contributed by atoms with E-state index in [-0.39, 0.29) is 13.2 Å². The minimum atomic E-state index is -0.761. The number of benzene rings is 1. The van der Waals surface area contributed by atoms with Gasteiger partial charge in [0.2, 0.25) is 0 Å². The van der Waals surface area contributed by atoms with Gasteiger partial charge in [-0.2, -0.15) is 0 Å². The average molecular weight is 444 g/mol. The lowest BCUT2D eigenvalue weighted by Gasteiger charge is -2.09. The number of oxazole rings is 1. The van der Waals surface area contributed by atoms with Crippen LogP contribution in [0.5, 0.6) is 0 Å². The number of carbonyl (C=O) groups is 3. The number of fused-ring (bicyclic) bond motifs is 2. The number of thiophene rings is 1. The lowest BCUT2D eigenvalue weighted by molar-refractivity contribution is -0.147. The third-order valence-electron chi connectivity index (χ3n) is 4.88. The molecule has 1 N–H and O–H groups in total. The fourth-order valence-corrected chi connectivity index (χ4v) is 4.85. The topological polar surface area (TPSA) is 117 Å². The van der Waals surface area contributed by atoms with Crippen LogP contribution in [0.25, 0.3) is 11.1 Å². The second kappa shape index (κ2) is 8.76. The number of amides is 1. The maximum Gasteiger partial charge on any atom is 0.420 e. The summed E-state index contributed by atoms with van der Waals surface area (Å²) in [5.41, 5.74) is 2.12. The summed E-state index contributed by atoms with van der Waals surface area (Å²) < 4.78 is 16.3. The Morgan fingerprint density at radius 3 is 2.81 bits per heavy atom. The van der Waals surface area contributed by atoms with Crippen molar-refractivity contribution in [3.05, 3.63) is 50.8 Å². The van der Waals surface area contributed by atoms with Gasteiger partial charge in [0.05, 0.1) is 17.7 Å². The fraction of sp³-hybridized carbons (Fsp3) is 0.333. The zero-order chi connectivity index (χ0) is 22.0. The highest BCUT2D eigenvalue weighted by atomic mass is 32.1. The Kier molecular flexibility index (Phi) is 5.90. The Bertz CT molecular complexity index is 1220. The SMILES string of the molecule is CCOC(=O)c1c(NC(=O)COC(=O)Cn2c(=O)oc3ccccc32)sc2c1CCC2. The van der Waals surface area contributed by atoms with Crippen LogP contribution in [0.2, 0.25) is 0 Å². The third-order valence-corrected chi connectivity index (χ3v) is 6.09. The van der Waals surface area contributed by atoms with Gasteiger partial charge in [0.1, 0.15) is 11.5 Å². The highest BCUT2D eigenvalue weighted by molar-refractivity contribution is 7.17. The Morgan fingerprint density at radius 1 is 1.19 bits per heavy atom. The van der Waals surface area contributed by atoms with E-state index in [1.54, 1.807) is 31.2 Å². The molecule has 0 bridgehead atoms. The molecule has 4 rings (SSSR count). The number of aryl methyl sites for hydroxylation is 1. The highest BCUT2D eigenvalue weighted by Gasteiger charge is 2.28. The van der Waals surface area contributed by atoms with Crippen molar-refractivity contribution < 1.29 is 28.3 Å². The molecule has 1 amide bonds. The molecule has 1 aliphatic rings. The molecule has 0 fully saturated rings. The van der Waals surface area contributed by atoms with Crippen LogP contribution in [-0.4, -0.2) is 35.6 Å². The van der Waals surface area contributed by atoms with E-state index in [1.165, 1.54) is 11.3 Å². The van der Waals surface area contributed by atoms with Gasteiger partial charge in [-0.05, 0) is 43.9 Å². The highest BCUT2D eigenvalue weighted by Crippen LogP contribution is 2.39. The van der Waals surface area contributed by atoms with Crippen molar-refractivity contribution >= 4 is 45.3 Å². The van der Waals surface area contributed by atoms with E-state index in [9.17, 15) is 19.2 Å². The molecule has 0 atom stereocenters. The lowest BCUT2D eigenvalue weighted by atomic mass is 10.1. The predicted octanol–water partition coefficient (Wildman–Crippen LogP) is 2.50. The molecule has 1 aliphatic carbocycles. The van der Waals surface area contributed by atoms with Crippen molar-refractivity contribution in [2.75, 3.05) is 18.5 Å². The largest absolute Gasteiger partial charge is 0.462 e. The molecule has 10 heteroatoms. The molecule has 31 heavy (non-hydrogen) atoms. The summed E-state index contributed by atoms with van der Waals surface area (Å²) in [5, 5.41) is 3.05. The summed E-state index contributed by atoms with van der Waals surface area (Å²) in [4.78, 5) is 49.9. The normalized spacial score (nSPS) is 12.5. The maximum absolute atomic E-state index is 12.4. The number of rotatable bonds is 7. The van der Waals surface area contributed by atoms with E-state index >= 15 is 0 Å². The van der Waals surface area contributed by atoms with Crippen LogP contribution in [0, 0.1) is 0 Å². The third kappa shape index (κ3) is 4.24. The summed E-state index contributed by atoms with van der Waals surface area (Å²) in [6.07, 6.45) is 2.57. The number of para-hydroxylation sites is 2. The minimum Gasteiger partial charge on any atom is -0.462 e. The quantitative estimate of drug-likeness (QED) is 0.557. The van der Waals surface area contributed by atoms with Crippen LogP contribution >= 0.6 is 11.3 Å². The average Bonchev–Trinajstić information content (AvgIpc) is 3.40. The number of anilines is 1. The van der Waals surface area contributed by atoms with Crippen LogP contribution in [-0.2, 0) is 38.4 Å². The molecular weight excluding hydrogens is 424 g/mol. The van der Waals surface area contributed by atoms with Crippen LogP contribution in [0.15, 0.2) is 33.5 Å². The first-order valence-electron chi connectivity index (χ1n) is 9.83. The Morgan fingerprint density at radius 2 is 2.00 bits per heavy atom. The number of nitrogens with one attached hydrogen (secondary N) is 1. The van der Waals surface area contributed by atoms with Crippen LogP contribution in [0.3, 0.4) is 0 Å². The van der Waals surface area contributed by atoms with Crippen molar-refractivity contribution in [2.45, 2.75) is 32.7 Å². The van der Waals surface area contributed by atoms with Gasteiger partial charge in [0, 0.05) is 4.88 Å². The van der Waals surface area contributed by atoms with Crippen LogP contribution < -0.4 is 11.1 Å². The van der Waals surface area contributed by atoms with Crippen molar-refractivity contribution in [3.63, 3.8) is 0 Å². The molecule has 0 aliphatic heterocycles. The van der Waals surface area contributed by atoms with Gasteiger partial charge in [-0.15, -0.1) is 11.3 Å². The first-order valence-corrected chi connectivity index (χ1v) is 10.6. The molecule has 0 saturated carbocycles. The molecule has 1 aromatic carbocycles. The predicted molar refractivity (Wildman–Crippen MR) is 112 cm³/mol. The van der Waals surface area contributed by atoms with Gasteiger partial charge in [0.25, 0.3) is 5.91 Å². The first kappa shape index (κ1) is 20.9. The number of ether oxygens (including phenoxy) is 2. The van der Waals surface area contributed by atoms with E-state index in [2.05, 4.69) is 5.32 Å². The van der Waals surface area contributed by atoms with Gasteiger partial charge in [-0.1, -0.05) is 12.1 Å². The molecule has 0 spiro atoms. The molecule has 0 saturated heterocycles. The number of nitrogens with zero attached hydrogens (tertiary/aromatic N) is 1. The van der Waals surface area contributed by atoms with Gasteiger partial charge in [-0.3, -0.25) is 14.2 Å². The Labute approximate surface area is 180 Å². The van der Waals surface area contributed by atoms with Crippen LogP contribution in [0.4, 0.5) is 5.00 Å². The summed E-state index contributed by atoms with van der Waals surface area (Å²) >= 11 is 1.34. The first-order chi connectivity index (χ1) is 15.0. The standard InChI is InChI=1S/C21H20N2O7S/c1-2-28-20(26)18-12-6-5-9-15(12)31-19(18)22-16(24)11-29-17(25)10-23-13-7-3-4-8-14(13)30-21(23)27/h3-4,7-8H,2,5-6,9-11H2,1H3,(H,22,24). The summed E-state index contributed by atoms with van der Waals surface area (Å²) in [7, 11) is 0. The molecule has 0 radical (unpaired) electrons. The number of carbonyl (C=O) groups excluding carboxylic acids is 3. The van der Waals surface area contributed by atoms with Crippen LogP contribution in [0.1, 0.15) is 34.1 Å². The van der Waals surface area contributed by atoms with Gasteiger partial charge in [-0.25, -0.2) is 9.59 Å². The van der Waals surface area contributed by atoms with Crippen molar-refractivity contribution in [2.24, 2.45) is 0 Å².